The third kappa shape index (κ3) is 5.31. The third-order valence-corrected chi connectivity index (χ3v) is 9.79. The Labute approximate surface area is 226 Å². The number of likely N-dealkylation sites (tertiary alicyclic amines) is 2. The molecule has 3 unspecified atom stereocenters. The van der Waals surface area contributed by atoms with E-state index in [2.05, 4.69) is 49.3 Å². The Hall–Kier alpha value is -2.72. The first-order valence-corrected chi connectivity index (χ1v) is 14.6. The number of thioether (sulfide) groups is 1. The molecule has 1 amide bonds. The number of hydrogen-bond acceptors (Lipinski definition) is 6. The third-order valence-electron chi connectivity index (χ3n) is 8.28. The normalized spacial score (nSPS) is 27.7. The SMILES string of the molecule is C=C(C1=CC2N=C(N3CCCCC3)N(Cc3ccccc3C#N)C(=O)C(S1)C2C)N1CCCC(C)(C)C1. The topological polar surface area (TPSA) is 62.9 Å². The van der Waals surface area contributed by atoms with Crippen LogP contribution in [0, 0.1) is 22.7 Å². The maximum Gasteiger partial charge on any atom is 0.243 e. The van der Waals surface area contributed by atoms with E-state index in [4.69, 9.17) is 4.99 Å². The molecule has 2 saturated heterocycles. The first-order valence-electron chi connectivity index (χ1n) is 13.7. The summed E-state index contributed by atoms with van der Waals surface area (Å²) in [7, 11) is 0. The van der Waals surface area contributed by atoms with E-state index >= 15 is 0 Å². The fourth-order valence-corrected chi connectivity index (χ4v) is 7.42. The van der Waals surface area contributed by atoms with Crippen molar-refractivity contribution >= 4 is 23.6 Å². The predicted molar refractivity (Wildman–Crippen MR) is 151 cm³/mol. The average molecular weight is 518 g/mol. The van der Waals surface area contributed by atoms with Crippen molar-refractivity contribution in [3.63, 3.8) is 0 Å². The summed E-state index contributed by atoms with van der Waals surface area (Å²) in [4.78, 5) is 27.3. The Kier molecular flexibility index (Phi) is 7.40. The van der Waals surface area contributed by atoms with Gasteiger partial charge in [0.15, 0.2) is 0 Å². The van der Waals surface area contributed by atoms with Gasteiger partial charge >= 0.3 is 0 Å². The number of nitriles is 1. The van der Waals surface area contributed by atoms with Crippen LogP contribution in [0.25, 0.3) is 0 Å². The molecule has 0 aromatic heterocycles. The Balaban J connectivity index is 1.50. The fraction of sp³-hybridized carbons (Fsp3) is 0.567. The van der Waals surface area contributed by atoms with Gasteiger partial charge in [-0.05, 0) is 55.2 Å². The Morgan fingerprint density at radius 2 is 1.95 bits per heavy atom. The van der Waals surface area contributed by atoms with Crippen molar-refractivity contribution in [2.24, 2.45) is 16.3 Å². The van der Waals surface area contributed by atoms with Gasteiger partial charge in [-0.1, -0.05) is 45.5 Å². The molecule has 4 heterocycles. The van der Waals surface area contributed by atoms with Crippen molar-refractivity contribution in [1.29, 1.82) is 5.26 Å². The van der Waals surface area contributed by atoms with Crippen molar-refractivity contribution in [3.05, 3.63) is 58.6 Å². The van der Waals surface area contributed by atoms with Crippen LogP contribution in [0.2, 0.25) is 0 Å². The first-order chi connectivity index (χ1) is 17.8. The van der Waals surface area contributed by atoms with Crippen molar-refractivity contribution in [2.45, 2.75) is 70.7 Å². The van der Waals surface area contributed by atoms with Gasteiger partial charge < -0.3 is 9.80 Å². The maximum absolute atomic E-state index is 14.3. The Morgan fingerprint density at radius 1 is 1.19 bits per heavy atom. The minimum Gasteiger partial charge on any atom is -0.371 e. The highest BCUT2D eigenvalue weighted by atomic mass is 32.2. The largest absolute Gasteiger partial charge is 0.371 e. The standard InChI is InChI=1S/C30H39N5OS/c1-21-25-17-26(22(2)34-16-10-13-30(3,4)20-34)37-27(21)28(36)35(19-24-12-7-6-11-23(24)18-31)29(32-25)33-14-8-5-9-15-33/h6-7,11-12,17,21,25,27H,2,5,8-10,13-16,19-20H2,1,3-4H3. The van der Waals surface area contributed by atoms with Crippen molar-refractivity contribution in [1.82, 2.24) is 14.7 Å². The molecular formula is C30H39N5OS. The minimum atomic E-state index is -0.236. The molecule has 5 rings (SSSR count). The van der Waals surface area contributed by atoms with Crippen LogP contribution in [0.3, 0.4) is 0 Å². The number of piperidine rings is 2. The highest BCUT2D eigenvalue weighted by molar-refractivity contribution is 8.04. The van der Waals surface area contributed by atoms with Crippen LogP contribution < -0.4 is 0 Å². The fourth-order valence-electron chi connectivity index (χ4n) is 6.06. The molecule has 2 bridgehead atoms. The number of carbonyl (C=O) groups is 1. The molecular weight excluding hydrogens is 478 g/mol. The van der Waals surface area contributed by atoms with Crippen LogP contribution >= 0.6 is 11.8 Å². The number of hydrogen-bond donors (Lipinski definition) is 0. The molecule has 1 aromatic rings. The molecule has 0 radical (unpaired) electrons. The van der Waals surface area contributed by atoms with Gasteiger partial charge in [-0.15, -0.1) is 11.8 Å². The second-order valence-corrected chi connectivity index (χ2v) is 12.9. The van der Waals surface area contributed by atoms with Crippen LogP contribution in [0.1, 0.15) is 64.0 Å². The van der Waals surface area contributed by atoms with Gasteiger partial charge in [-0.25, -0.2) is 4.99 Å². The number of amides is 1. The molecule has 0 spiro atoms. The number of guanidine groups is 1. The maximum atomic E-state index is 14.3. The van der Waals surface area contributed by atoms with Crippen LogP contribution in [0.4, 0.5) is 0 Å². The molecule has 6 nitrogen and oxygen atoms in total. The number of aliphatic imine (C=N–C) groups is 1. The number of rotatable bonds is 4. The van der Waals surface area contributed by atoms with Crippen LogP contribution in [-0.2, 0) is 11.3 Å². The smallest absolute Gasteiger partial charge is 0.243 e. The lowest BCUT2D eigenvalue weighted by molar-refractivity contribution is -0.128. The predicted octanol–water partition coefficient (Wildman–Crippen LogP) is 5.38. The van der Waals surface area contributed by atoms with E-state index in [9.17, 15) is 10.1 Å². The molecule has 1 aromatic carbocycles. The lowest BCUT2D eigenvalue weighted by Gasteiger charge is -2.42. The number of benzene rings is 1. The molecule has 3 atom stereocenters. The summed E-state index contributed by atoms with van der Waals surface area (Å²) in [5.41, 5.74) is 2.78. The molecule has 196 valence electrons. The molecule has 7 heteroatoms. The first kappa shape index (κ1) is 25.9. The summed E-state index contributed by atoms with van der Waals surface area (Å²) in [6.45, 7) is 15.5. The lowest BCUT2D eigenvalue weighted by atomic mass is 9.84. The van der Waals surface area contributed by atoms with E-state index in [1.807, 2.05) is 29.2 Å². The van der Waals surface area contributed by atoms with Gasteiger partial charge in [0, 0.05) is 42.7 Å². The molecule has 0 N–H and O–H groups in total. The Bertz CT molecular complexity index is 1160. The molecule has 4 aliphatic heterocycles. The number of fused-ring (bicyclic) bond motifs is 2. The summed E-state index contributed by atoms with van der Waals surface area (Å²) in [6.07, 6.45) is 8.08. The highest BCUT2D eigenvalue weighted by Crippen LogP contribution is 2.44. The van der Waals surface area contributed by atoms with Crippen molar-refractivity contribution < 1.29 is 4.79 Å². The van der Waals surface area contributed by atoms with Crippen LogP contribution in [-0.4, -0.2) is 64.0 Å². The van der Waals surface area contributed by atoms with E-state index in [-0.39, 0.29) is 28.5 Å². The zero-order valence-electron chi connectivity index (χ0n) is 22.4. The van der Waals surface area contributed by atoms with Crippen LogP contribution in [0.15, 0.2) is 52.5 Å². The van der Waals surface area contributed by atoms with E-state index < -0.39 is 0 Å². The van der Waals surface area contributed by atoms with E-state index in [0.717, 1.165) is 67.6 Å². The van der Waals surface area contributed by atoms with E-state index in [1.165, 1.54) is 12.8 Å². The van der Waals surface area contributed by atoms with Gasteiger partial charge in [0.05, 0.1) is 29.5 Å². The van der Waals surface area contributed by atoms with Gasteiger partial charge in [0.2, 0.25) is 11.9 Å². The van der Waals surface area contributed by atoms with Gasteiger partial charge in [-0.2, -0.15) is 5.26 Å². The molecule has 2 fully saturated rings. The quantitative estimate of drug-likeness (QED) is 0.536. The number of carbonyl (C=O) groups excluding carboxylic acids is 1. The zero-order chi connectivity index (χ0) is 26.2. The van der Waals surface area contributed by atoms with Crippen LogP contribution in [0.5, 0.6) is 0 Å². The van der Waals surface area contributed by atoms with E-state index in [1.54, 1.807) is 11.8 Å². The highest BCUT2D eigenvalue weighted by Gasteiger charge is 2.44. The average Bonchev–Trinajstić information content (AvgIpc) is 2.95. The van der Waals surface area contributed by atoms with E-state index in [0.29, 0.717) is 12.1 Å². The molecule has 37 heavy (non-hydrogen) atoms. The minimum absolute atomic E-state index is 0.0760. The summed E-state index contributed by atoms with van der Waals surface area (Å²) < 4.78 is 0. The second kappa shape index (κ2) is 10.6. The molecule has 4 aliphatic rings. The van der Waals surface area contributed by atoms with Crippen molar-refractivity contribution in [2.75, 3.05) is 26.2 Å². The molecule has 0 aliphatic carbocycles. The Morgan fingerprint density at radius 3 is 2.68 bits per heavy atom. The summed E-state index contributed by atoms with van der Waals surface area (Å²) in [6, 6.07) is 9.83. The summed E-state index contributed by atoms with van der Waals surface area (Å²) >= 11 is 1.66. The second-order valence-electron chi connectivity index (χ2n) is 11.7. The van der Waals surface area contributed by atoms with Gasteiger partial charge in [0.25, 0.3) is 0 Å². The summed E-state index contributed by atoms with van der Waals surface area (Å²) in [5.74, 6) is 0.955. The van der Waals surface area contributed by atoms with Gasteiger partial charge in [0.1, 0.15) is 0 Å². The number of nitrogens with zero attached hydrogens (tertiary/aromatic N) is 5. The lowest BCUT2D eigenvalue weighted by Crippen LogP contribution is -2.50. The van der Waals surface area contributed by atoms with Gasteiger partial charge in [-0.3, -0.25) is 9.69 Å². The van der Waals surface area contributed by atoms with Crippen molar-refractivity contribution in [3.8, 4) is 6.07 Å². The monoisotopic (exact) mass is 517 g/mol. The molecule has 0 saturated carbocycles. The zero-order valence-corrected chi connectivity index (χ0v) is 23.3. The summed E-state index contributed by atoms with van der Waals surface area (Å²) in [5, 5.41) is 9.48.